The molecule has 0 saturated heterocycles. The third-order valence-corrected chi connectivity index (χ3v) is 5.42. The van der Waals surface area contributed by atoms with Crippen LogP contribution in [0.4, 0.5) is 0 Å². The molecule has 0 heterocycles. The highest BCUT2D eigenvalue weighted by Crippen LogP contribution is 2.14. The predicted octanol–water partition coefficient (Wildman–Crippen LogP) is 7.85. The lowest BCUT2D eigenvalue weighted by Crippen LogP contribution is -2.24. The van der Waals surface area contributed by atoms with Crippen LogP contribution < -0.4 is 10.1 Å². The Bertz CT molecular complexity index is 565. The van der Waals surface area contributed by atoms with Crippen molar-refractivity contribution in [3.63, 3.8) is 0 Å². The summed E-state index contributed by atoms with van der Waals surface area (Å²) < 4.78 is 5.56. The molecule has 1 aromatic carbocycles. The van der Waals surface area contributed by atoms with Crippen molar-refractivity contribution in [1.29, 1.82) is 0 Å². The lowest BCUT2D eigenvalue weighted by molar-refractivity contribution is 0.0953. The highest BCUT2D eigenvalue weighted by molar-refractivity contribution is 5.94. The topological polar surface area (TPSA) is 38.3 Å². The van der Waals surface area contributed by atoms with Crippen molar-refractivity contribution in [3.8, 4) is 5.75 Å². The Balaban J connectivity index is 1.93. The molecule has 170 valence electrons. The summed E-state index contributed by atoms with van der Waals surface area (Å²) in [6.45, 7) is 9.28. The fourth-order valence-electron chi connectivity index (χ4n) is 3.53. The second-order valence-corrected chi connectivity index (χ2v) is 8.62. The molecule has 30 heavy (non-hydrogen) atoms. The van der Waals surface area contributed by atoms with E-state index in [4.69, 9.17) is 4.74 Å². The second kappa shape index (κ2) is 18.0. The van der Waals surface area contributed by atoms with Crippen LogP contribution in [0.25, 0.3) is 0 Å². The lowest BCUT2D eigenvalue weighted by Gasteiger charge is -2.08. The molecule has 0 bridgehead atoms. The summed E-state index contributed by atoms with van der Waals surface area (Å²) in [5.41, 5.74) is 1.66. The molecule has 0 saturated carbocycles. The Kier molecular flexibility index (Phi) is 15.8. The maximum atomic E-state index is 12.2. The molecule has 0 aliphatic rings. The van der Waals surface area contributed by atoms with Gasteiger partial charge in [0, 0.05) is 12.1 Å². The van der Waals surface area contributed by atoms with Crippen LogP contribution in [-0.2, 0) is 0 Å². The van der Waals surface area contributed by atoms with Gasteiger partial charge in [0.05, 0.1) is 0 Å². The quantitative estimate of drug-likeness (QED) is 0.184. The van der Waals surface area contributed by atoms with Gasteiger partial charge < -0.3 is 10.1 Å². The zero-order valence-corrected chi connectivity index (χ0v) is 19.6. The van der Waals surface area contributed by atoms with Crippen LogP contribution in [0.15, 0.2) is 36.4 Å². The molecule has 0 radical (unpaired) electrons. The SMILES string of the molecule is C=C(C)COc1ccc(C(=O)NCCCCCCCCCCCCCCCC)cc1. The van der Waals surface area contributed by atoms with Crippen molar-refractivity contribution < 1.29 is 9.53 Å². The van der Waals surface area contributed by atoms with Gasteiger partial charge in [-0.3, -0.25) is 4.79 Å². The van der Waals surface area contributed by atoms with Crippen molar-refractivity contribution in [3.05, 3.63) is 42.0 Å². The van der Waals surface area contributed by atoms with Crippen molar-refractivity contribution in [2.45, 2.75) is 104 Å². The van der Waals surface area contributed by atoms with E-state index in [1.165, 1.54) is 83.5 Å². The molecule has 0 spiro atoms. The molecular weight excluding hydrogens is 370 g/mol. The first-order chi connectivity index (χ1) is 14.6. The smallest absolute Gasteiger partial charge is 0.251 e. The normalized spacial score (nSPS) is 10.7. The van der Waals surface area contributed by atoms with E-state index in [-0.39, 0.29) is 5.91 Å². The average molecular weight is 416 g/mol. The molecule has 1 N–H and O–H groups in total. The minimum Gasteiger partial charge on any atom is -0.489 e. The lowest BCUT2D eigenvalue weighted by atomic mass is 10.0. The third kappa shape index (κ3) is 14.3. The number of hydrogen-bond acceptors (Lipinski definition) is 2. The monoisotopic (exact) mass is 415 g/mol. The number of nitrogens with one attached hydrogen (secondary N) is 1. The molecule has 1 rings (SSSR count). The number of benzene rings is 1. The van der Waals surface area contributed by atoms with E-state index in [0.29, 0.717) is 12.2 Å². The second-order valence-electron chi connectivity index (χ2n) is 8.62. The first-order valence-corrected chi connectivity index (χ1v) is 12.3. The highest BCUT2D eigenvalue weighted by Gasteiger charge is 2.05. The largest absolute Gasteiger partial charge is 0.489 e. The minimum absolute atomic E-state index is 0.00357. The van der Waals surface area contributed by atoms with E-state index < -0.39 is 0 Å². The molecule has 0 aromatic heterocycles. The van der Waals surface area contributed by atoms with Crippen LogP contribution in [0.2, 0.25) is 0 Å². The maximum absolute atomic E-state index is 12.2. The number of unbranched alkanes of at least 4 members (excludes halogenated alkanes) is 13. The first-order valence-electron chi connectivity index (χ1n) is 12.3. The van der Waals surface area contributed by atoms with E-state index >= 15 is 0 Å². The molecule has 1 amide bonds. The fraction of sp³-hybridized carbons (Fsp3) is 0.667. The summed E-state index contributed by atoms with van der Waals surface area (Å²) in [5, 5.41) is 3.02. The summed E-state index contributed by atoms with van der Waals surface area (Å²) in [7, 11) is 0. The van der Waals surface area contributed by atoms with E-state index in [0.717, 1.165) is 24.3 Å². The summed E-state index contributed by atoms with van der Waals surface area (Å²) in [5.74, 6) is 0.762. The molecule has 0 atom stereocenters. The van der Waals surface area contributed by atoms with Gasteiger partial charge in [0.2, 0.25) is 0 Å². The molecule has 0 aliphatic carbocycles. The van der Waals surface area contributed by atoms with Gasteiger partial charge in [0.1, 0.15) is 12.4 Å². The zero-order valence-electron chi connectivity index (χ0n) is 19.6. The predicted molar refractivity (Wildman–Crippen MR) is 129 cm³/mol. The average Bonchev–Trinajstić information content (AvgIpc) is 2.75. The van der Waals surface area contributed by atoms with Crippen molar-refractivity contribution in [2.75, 3.05) is 13.2 Å². The molecular formula is C27H45NO2. The van der Waals surface area contributed by atoms with Crippen LogP contribution in [0, 0.1) is 0 Å². The Morgan fingerprint density at radius 2 is 1.27 bits per heavy atom. The van der Waals surface area contributed by atoms with Crippen LogP contribution in [0.5, 0.6) is 5.75 Å². The standard InChI is InChI=1S/C27H45NO2/c1-4-5-6-7-8-9-10-11-12-13-14-15-16-17-22-28-27(29)25-18-20-26(21-19-25)30-23-24(2)3/h18-21H,2,4-17,22-23H2,1,3H3,(H,28,29). The molecule has 0 unspecified atom stereocenters. The number of amides is 1. The molecule has 0 fully saturated rings. The van der Waals surface area contributed by atoms with Crippen molar-refractivity contribution in [1.82, 2.24) is 5.32 Å². The van der Waals surface area contributed by atoms with Crippen LogP contribution in [-0.4, -0.2) is 19.1 Å². The summed E-state index contributed by atoms with van der Waals surface area (Å²) in [6.07, 6.45) is 18.9. The molecule has 1 aromatic rings. The van der Waals surface area contributed by atoms with Gasteiger partial charge in [-0.05, 0) is 43.2 Å². The van der Waals surface area contributed by atoms with Crippen LogP contribution >= 0.6 is 0 Å². The Hall–Kier alpha value is -1.77. The number of ether oxygens (including phenoxy) is 1. The Morgan fingerprint density at radius 3 is 1.73 bits per heavy atom. The van der Waals surface area contributed by atoms with Crippen LogP contribution in [0.3, 0.4) is 0 Å². The number of hydrogen-bond donors (Lipinski definition) is 1. The van der Waals surface area contributed by atoms with E-state index in [2.05, 4.69) is 18.8 Å². The minimum atomic E-state index is -0.00357. The zero-order chi connectivity index (χ0) is 21.9. The summed E-state index contributed by atoms with van der Waals surface area (Å²) in [4.78, 5) is 12.2. The van der Waals surface area contributed by atoms with Crippen LogP contribution in [0.1, 0.15) is 114 Å². The van der Waals surface area contributed by atoms with Gasteiger partial charge in [0.25, 0.3) is 5.91 Å². The van der Waals surface area contributed by atoms with Crippen molar-refractivity contribution in [2.24, 2.45) is 0 Å². The summed E-state index contributed by atoms with van der Waals surface area (Å²) in [6, 6.07) is 7.30. The molecule has 3 nitrogen and oxygen atoms in total. The van der Waals surface area contributed by atoms with Crippen molar-refractivity contribution >= 4 is 5.91 Å². The fourth-order valence-corrected chi connectivity index (χ4v) is 3.53. The van der Waals surface area contributed by atoms with E-state index in [1.807, 2.05) is 31.2 Å². The van der Waals surface area contributed by atoms with Gasteiger partial charge in [-0.1, -0.05) is 97.0 Å². The number of rotatable bonds is 19. The van der Waals surface area contributed by atoms with Gasteiger partial charge >= 0.3 is 0 Å². The molecule has 3 heteroatoms. The summed E-state index contributed by atoms with van der Waals surface area (Å²) >= 11 is 0. The van der Waals surface area contributed by atoms with Gasteiger partial charge in [-0.15, -0.1) is 0 Å². The van der Waals surface area contributed by atoms with Gasteiger partial charge in [0.15, 0.2) is 0 Å². The van der Waals surface area contributed by atoms with E-state index in [1.54, 1.807) is 0 Å². The highest BCUT2D eigenvalue weighted by atomic mass is 16.5. The Labute approximate surface area is 185 Å². The maximum Gasteiger partial charge on any atom is 0.251 e. The van der Waals surface area contributed by atoms with Gasteiger partial charge in [-0.25, -0.2) is 0 Å². The molecule has 0 aliphatic heterocycles. The number of carbonyl (C=O) groups excluding carboxylic acids is 1. The van der Waals surface area contributed by atoms with E-state index in [9.17, 15) is 4.79 Å². The third-order valence-electron chi connectivity index (χ3n) is 5.42. The first kappa shape index (κ1) is 26.3. The number of carbonyl (C=O) groups is 1. The van der Waals surface area contributed by atoms with Gasteiger partial charge in [-0.2, -0.15) is 0 Å². The Morgan fingerprint density at radius 1 is 0.800 bits per heavy atom.